The van der Waals surface area contributed by atoms with E-state index in [2.05, 4.69) is 124 Å². The number of ether oxygens (including phenoxy) is 9. The van der Waals surface area contributed by atoms with Gasteiger partial charge in [0.2, 0.25) is 0 Å². The molecule has 4 unspecified atom stereocenters. The Hall–Kier alpha value is -5.12. The molecule has 2 aliphatic rings. The first-order valence-corrected chi connectivity index (χ1v) is 31.4. The van der Waals surface area contributed by atoms with Gasteiger partial charge in [-0.15, -0.1) is 15.3 Å². The molecule has 0 bridgehead atoms. The highest BCUT2D eigenvalue weighted by Crippen LogP contribution is 2.33. The number of aldehydes is 3. The lowest BCUT2D eigenvalue weighted by atomic mass is 9.99. The van der Waals surface area contributed by atoms with E-state index in [0.29, 0.717) is 173 Å². The molecule has 0 saturated carbocycles. The summed E-state index contributed by atoms with van der Waals surface area (Å²) in [5.74, 6) is -0.687. The molecule has 2 aliphatic heterocycles. The lowest BCUT2D eigenvalue weighted by molar-refractivity contribution is -0.112. The maximum Gasteiger partial charge on any atom is 0.190 e. The number of likely N-dealkylation sites (tertiary alicyclic amines) is 2. The molecule has 21 nitrogen and oxygen atoms in total. The molecule has 2 saturated heterocycles. The minimum absolute atomic E-state index is 0.348. The maximum atomic E-state index is 12.5. The number of methoxy groups -OCH3 is 1. The van der Waals surface area contributed by atoms with Crippen LogP contribution in [0.25, 0.3) is 0 Å². The van der Waals surface area contributed by atoms with E-state index in [1.54, 1.807) is 4.68 Å². The fraction of sp³-hybridized carbons (Fsp3) is 0.703. The van der Waals surface area contributed by atoms with Crippen molar-refractivity contribution in [3.05, 3.63) is 89.0 Å². The fourth-order valence-corrected chi connectivity index (χ4v) is 9.96. The zero-order valence-corrected chi connectivity index (χ0v) is 53.8. The van der Waals surface area contributed by atoms with Crippen LogP contribution >= 0.6 is 0 Å². The lowest BCUT2D eigenvalue weighted by Gasteiger charge is -2.32. The van der Waals surface area contributed by atoms with Gasteiger partial charge < -0.3 is 71.8 Å². The number of benzene rings is 2. The number of unbranched alkanes of at least 4 members (excludes halogenated alkanes) is 2. The number of carbonyl (C=O) groups excluding carboxylic acids is 3. The summed E-state index contributed by atoms with van der Waals surface area (Å²) in [7, 11) is 5.29. The topological polar surface area (TPSA) is 214 Å². The number of hydrogen-bond donors (Lipinski definition) is 1. The van der Waals surface area contributed by atoms with E-state index < -0.39 is 23.2 Å². The van der Waals surface area contributed by atoms with Gasteiger partial charge in [0.1, 0.15) is 36.3 Å². The molecular weight excluding hydrogens is 1140 g/mol. The molecule has 2 aromatic heterocycles. The van der Waals surface area contributed by atoms with E-state index in [1.165, 1.54) is 24.8 Å². The van der Waals surface area contributed by atoms with Crippen LogP contribution in [0.1, 0.15) is 133 Å². The van der Waals surface area contributed by atoms with Gasteiger partial charge in [0.25, 0.3) is 0 Å². The third-order valence-corrected chi connectivity index (χ3v) is 14.8. The summed E-state index contributed by atoms with van der Waals surface area (Å²) >= 11 is 0. The van der Waals surface area contributed by atoms with Crippen LogP contribution in [0, 0.1) is 30.3 Å². The quantitative estimate of drug-likeness (QED) is 0.0325. The van der Waals surface area contributed by atoms with Crippen LogP contribution in [0.15, 0.2) is 48.7 Å². The molecule has 24 heteroatoms. The van der Waals surface area contributed by atoms with Crippen LogP contribution in [0.3, 0.4) is 0 Å². The normalized spacial score (nSPS) is 16.0. The Morgan fingerprint density at radius 3 is 1.70 bits per heavy atom. The molecule has 4 aromatic rings. The molecule has 1 N–H and O–H groups in total. The summed E-state index contributed by atoms with van der Waals surface area (Å²) in [6, 6.07) is 14.1. The Balaban J connectivity index is 0.000000355. The zero-order chi connectivity index (χ0) is 64.0. The number of hydrogen-bond acceptors (Lipinski definition) is 19. The number of halogens is 3. The maximum absolute atomic E-state index is 12.5. The Labute approximate surface area is 521 Å². The van der Waals surface area contributed by atoms with Gasteiger partial charge in [0.05, 0.1) is 125 Å². The van der Waals surface area contributed by atoms with Crippen LogP contribution in [-0.2, 0) is 65.2 Å². The van der Waals surface area contributed by atoms with Crippen molar-refractivity contribution < 1.29 is 70.2 Å². The van der Waals surface area contributed by atoms with Gasteiger partial charge in [-0.25, -0.2) is 17.9 Å². The SMILES string of the molecule is CN1CCC(C=O)CC1.CNC(CCN1C(C)CCC1CC(C)n1c(C)nnc1C(C)C)c1ccccc1.COc1c(F)cc(F)cc1F.O=CCCCCc1cn(CCOCCOCCOCCOCCOCCOCCOCCOCCC=O)nn1. The minimum atomic E-state index is -1.04. The third-order valence-electron chi connectivity index (χ3n) is 14.8. The minimum Gasteiger partial charge on any atom is -0.491 e. The molecular formula is C64H104F3N9O12. The summed E-state index contributed by atoms with van der Waals surface area (Å²) in [5.41, 5.74) is 2.32. The van der Waals surface area contributed by atoms with Gasteiger partial charge >= 0.3 is 0 Å². The molecule has 0 aliphatic carbocycles. The largest absolute Gasteiger partial charge is 0.491 e. The second-order valence-electron chi connectivity index (χ2n) is 22.0. The average Bonchev–Trinajstić information content (AvgIpc) is 4.43. The van der Waals surface area contributed by atoms with Crippen LogP contribution in [0.5, 0.6) is 5.75 Å². The monoisotopic (exact) mass is 1250 g/mol. The standard InChI is InChI=1S/C26H47N3O10.C24H39N5.C7H5F3O.C7H13NO/c30-7-3-1-2-5-26-25-29(28-27-26)6-10-33-12-14-35-16-18-37-20-22-39-24-23-38-21-19-36-17-15-34-13-11-32-9-4-8-31;1-17(2)24-27-26-20(5)29(24)19(4)16-22-13-12-18(3)28(22)15-14-23(25-6)21-10-8-7-9-11-21;1-11-7-5(9)2-4(8)3-6(7)10;1-8-4-2-7(6-9)3-5-8/h7-8,25H,1-6,9-24H2;7-11,17-19,22-23,25H,12-16H2,1-6H3;2-3H,1H3;6-7H,2-5H2,1H3. The summed E-state index contributed by atoms with van der Waals surface area (Å²) in [6.07, 6.45) is 15.5. The Bertz CT molecular complexity index is 2360. The van der Waals surface area contributed by atoms with Crippen molar-refractivity contribution >= 4 is 18.9 Å². The van der Waals surface area contributed by atoms with Crippen LogP contribution in [0.4, 0.5) is 13.2 Å². The number of aromatic nitrogens is 6. The second-order valence-corrected chi connectivity index (χ2v) is 22.0. The third kappa shape index (κ3) is 33.1. The van der Waals surface area contributed by atoms with E-state index in [1.807, 2.05) is 6.20 Å². The first-order chi connectivity index (χ1) is 42.8. The van der Waals surface area contributed by atoms with Crippen LogP contribution in [0.2, 0.25) is 0 Å². The summed E-state index contributed by atoms with van der Waals surface area (Å²) < 4.78 is 89.0. The molecule has 6 rings (SSSR count). The molecule has 498 valence electrons. The highest BCUT2D eigenvalue weighted by atomic mass is 19.1. The first kappa shape index (κ1) is 77.1. The van der Waals surface area contributed by atoms with Gasteiger partial charge in [-0.3, -0.25) is 4.90 Å². The molecule has 2 fully saturated rings. The second kappa shape index (κ2) is 48.7. The highest BCUT2D eigenvalue weighted by Gasteiger charge is 2.33. The van der Waals surface area contributed by atoms with E-state index in [4.69, 9.17) is 37.9 Å². The predicted molar refractivity (Wildman–Crippen MR) is 330 cm³/mol. The van der Waals surface area contributed by atoms with E-state index in [-0.39, 0.29) is 0 Å². The summed E-state index contributed by atoms with van der Waals surface area (Å²) in [4.78, 5) is 35.7. The van der Waals surface area contributed by atoms with Crippen molar-refractivity contribution in [2.24, 2.45) is 5.92 Å². The van der Waals surface area contributed by atoms with E-state index in [0.717, 1.165) is 101 Å². The number of nitrogens with one attached hydrogen (secondary N) is 1. The van der Waals surface area contributed by atoms with Gasteiger partial charge in [0, 0.05) is 73.7 Å². The molecule has 4 atom stereocenters. The van der Waals surface area contributed by atoms with Crippen molar-refractivity contribution in [3.63, 3.8) is 0 Å². The molecule has 0 amide bonds. The Kier molecular flexibility index (Phi) is 42.7. The van der Waals surface area contributed by atoms with Crippen molar-refractivity contribution in [2.75, 3.05) is 147 Å². The zero-order valence-electron chi connectivity index (χ0n) is 53.8. The number of aryl methyl sites for hydroxylation is 2. The Morgan fingerprint density at radius 1 is 0.670 bits per heavy atom. The van der Waals surface area contributed by atoms with Crippen LogP contribution in [-0.4, -0.2) is 217 Å². The van der Waals surface area contributed by atoms with Crippen molar-refractivity contribution in [1.29, 1.82) is 0 Å². The molecule has 88 heavy (non-hydrogen) atoms. The number of piperidine rings is 1. The van der Waals surface area contributed by atoms with Crippen LogP contribution < -0.4 is 10.1 Å². The van der Waals surface area contributed by atoms with Gasteiger partial charge in [-0.1, -0.05) is 49.4 Å². The first-order valence-electron chi connectivity index (χ1n) is 31.4. The van der Waals surface area contributed by atoms with E-state index in [9.17, 15) is 27.6 Å². The fourth-order valence-electron chi connectivity index (χ4n) is 9.96. The highest BCUT2D eigenvalue weighted by molar-refractivity contribution is 5.53. The van der Waals surface area contributed by atoms with Crippen molar-refractivity contribution in [3.8, 4) is 5.75 Å². The van der Waals surface area contributed by atoms with Crippen molar-refractivity contribution in [2.45, 2.75) is 142 Å². The van der Waals surface area contributed by atoms with Gasteiger partial charge in [-0.05, 0) is 111 Å². The molecule has 0 radical (unpaired) electrons. The lowest BCUT2D eigenvalue weighted by Crippen LogP contribution is -2.38. The van der Waals surface area contributed by atoms with Crippen molar-refractivity contribution in [1.82, 2.24) is 44.9 Å². The number of carbonyl (C=O) groups is 3. The predicted octanol–water partition coefficient (Wildman–Crippen LogP) is 8.42. The molecule has 4 heterocycles. The van der Waals surface area contributed by atoms with Gasteiger partial charge in [0.15, 0.2) is 17.4 Å². The Morgan fingerprint density at radius 2 is 1.20 bits per heavy atom. The molecule has 2 aromatic carbocycles. The summed E-state index contributed by atoms with van der Waals surface area (Å²) in [5, 5.41) is 20.5. The smallest absolute Gasteiger partial charge is 0.190 e. The average molecular weight is 1250 g/mol. The number of nitrogens with zero attached hydrogens (tertiary/aromatic N) is 8. The van der Waals surface area contributed by atoms with Gasteiger partial charge in [-0.2, -0.15) is 0 Å². The molecule has 0 spiro atoms. The number of rotatable bonds is 43. The summed E-state index contributed by atoms with van der Waals surface area (Å²) in [6.45, 7) is 23.1. The van der Waals surface area contributed by atoms with E-state index >= 15 is 0 Å².